The standard InChI is InChI=1S/C14H21F2N/c1-4-6-14(17-5-2)10(3)12-9-11(15)7-8-13(12)16/h7-10,14,17H,4-6H2,1-3H3. The van der Waals surface area contributed by atoms with E-state index in [1.807, 2.05) is 13.8 Å². The molecule has 1 aromatic carbocycles. The van der Waals surface area contributed by atoms with Crippen LogP contribution in [0, 0.1) is 11.6 Å². The number of nitrogens with one attached hydrogen (secondary N) is 1. The summed E-state index contributed by atoms with van der Waals surface area (Å²) in [5.74, 6) is -0.719. The molecule has 0 aliphatic carbocycles. The third kappa shape index (κ3) is 3.77. The number of halogens is 2. The van der Waals surface area contributed by atoms with Gasteiger partial charge in [-0.05, 0) is 42.6 Å². The largest absolute Gasteiger partial charge is 0.314 e. The van der Waals surface area contributed by atoms with Crippen LogP contribution < -0.4 is 5.32 Å². The Labute approximate surface area is 102 Å². The van der Waals surface area contributed by atoms with Crippen LogP contribution >= 0.6 is 0 Å². The van der Waals surface area contributed by atoms with Crippen molar-refractivity contribution in [2.45, 2.75) is 45.6 Å². The summed E-state index contributed by atoms with van der Waals surface area (Å²) in [6, 6.07) is 3.87. The second-order valence-corrected chi connectivity index (χ2v) is 4.41. The molecular weight excluding hydrogens is 220 g/mol. The molecule has 0 heterocycles. The molecule has 0 radical (unpaired) electrons. The summed E-state index contributed by atoms with van der Waals surface area (Å²) in [5, 5.41) is 3.34. The first-order valence-electron chi connectivity index (χ1n) is 6.28. The molecule has 1 nitrogen and oxygen atoms in total. The molecule has 2 unspecified atom stereocenters. The van der Waals surface area contributed by atoms with Gasteiger partial charge in [-0.15, -0.1) is 0 Å². The zero-order chi connectivity index (χ0) is 12.8. The molecular formula is C14H21F2N. The first-order chi connectivity index (χ1) is 8.10. The van der Waals surface area contributed by atoms with Crippen LogP contribution in [-0.2, 0) is 0 Å². The van der Waals surface area contributed by atoms with E-state index in [1.165, 1.54) is 12.1 Å². The summed E-state index contributed by atoms with van der Waals surface area (Å²) < 4.78 is 26.8. The fourth-order valence-corrected chi connectivity index (χ4v) is 2.18. The van der Waals surface area contributed by atoms with Crippen molar-refractivity contribution in [1.82, 2.24) is 5.32 Å². The van der Waals surface area contributed by atoms with Gasteiger partial charge in [0.15, 0.2) is 0 Å². The minimum absolute atomic E-state index is 0.0226. The lowest BCUT2D eigenvalue weighted by Gasteiger charge is -2.25. The monoisotopic (exact) mass is 241 g/mol. The summed E-state index contributed by atoms with van der Waals surface area (Å²) in [7, 11) is 0. The van der Waals surface area contributed by atoms with Gasteiger partial charge < -0.3 is 5.32 Å². The third-order valence-corrected chi connectivity index (χ3v) is 3.12. The molecule has 1 N–H and O–H groups in total. The van der Waals surface area contributed by atoms with Gasteiger partial charge in [0, 0.05) is 6.04 Å². The van der Waals surface area contributed by atoms with E-state index < -0.39 is 0 Å². The summed E-state index contributed by atoms with van der Waals surface area (Å²) in [6.45, 7) is 6.91. The van der Waals surface area contributed by atoms with Gasteiger partial charge in [-0.3, -0.25) is 0 Å². The summed E-state index contributed by atoms with van der Waals surface area (Å²) in [6.07, 6.45) is 1.99. The predicted octanol–water partition coefficient (Wildman–Crippen LogP) is 3.85. The summed E-state index contributed by atoms with van der Waals surface area (Å²) in [4.78, 5) is 0. The van der Waals surface area contributed by atoms with Crippen LogP contribution in [0.3, 0.4) is 0 Å². The van der Waals surface area contributed by atoms with Gasteiger partial charge in [-0.2, -0.15) is 0 Å². The highest BCUT2D eigenvalue weighted by atomic mass is 19.1. The first-order valence-corrected chi connectivity index (χ1v) is 6.28. The normalized spacial score (nSPS) is 14.6. The van der Waals surface area contributed by atoms with E-state index in [1.54, 1.807) is 0 Å². The molecule has 0 saturated heterocycles. The lowest BCUT2D eigenvalue weighted by Crippen LogP contribution is -2.34. The molecule has 0 aliphatic rings. The Balaban J connectivity index is 2.91. The van der Waals surface area contributed by atoms with E-state index in [-0.39, 0.29) is 23.6 Å². The van der Waals surface area contributed by atoms with E-state index in [0.717, 1.165) is 25.5 Å². The van der Waals surface area contributed by atoms with E-state index in [0.29, 0.717) is 5.56 Å². The van der Waals surface area contributed by atoms with Crippen molar-refractivity contribution in [1.29, 1.82) is 0 Å². The second-order valence-electron chi connectivity index (χ2n) is 4.41. The van der Waals surface area contributed by atoms with Gasteiger partial charge in [-0.1, -0.05) is 27.2 Å². The van der Waals surface area contributed by atoms with Crippen molar-refractivity contribution in [3.05, 3.63) is 35.4 Å². The Kier molecular flexibility index (Phi) is 5.56. The molecule has 96 valence electrons. The quantitative estimate of drug-likeness (QED) is 0.797. The molecule has 17 heavy (non-hydrogen) atoms. The van der Waals surface area contributed by atoms with Crippen LogP contribution in [0.5, 0.6) is 0 Å². The van der Waals surface area contributed by atoms with Crippen LogP contribution in [-0.4, -0.2) is 12.6 Å². The maximum absolute atomic E-state index is 13.7. The molecule has 2 atom stereocenters. The van der Waals surface area contributed by atoms with Crippen molar-refractivity contribution in [3.8, 4) is 0 Å². The number of likely N-dealkylation sites (N-methyl/N-ethyl adjacent to an activating group) is 1. The summed E-state index contributed by atoms with van der Waals surface area (Å²) >= 11 is 0. The fraction of sp³-hybridized carbons (Fsp3) is 0.571. The number of rotatable bonds is 6. The molecule has 0 aliphatic heterocycles. The number of hydrogen-bond donors (Lipinski definition) is 1. The third-order valence-electron chi connectivity index (χ3n) is 3.12. The van der Waals surface area contributed by atoms with Crippen LogP contribution in [0.15, 0.2) is 18.2 Å². The molecule has 0 fully saturated rings. The lowest BCUT2D eigenvalue weighted by atomic mass is 9.90. The average Bonchev–Trinajstić information content (AvgIpc) is 2.31. The van der Waals surface area contributed by atoms with Crippen molar-refractivity contribution in [3.63, 3.8) is 0 Å². The average molecular weight is 241 g/mol. The van der Waals surface area contributed by atoms with Crippen molar-refractivity contribution in [2.75, 3.05) is 6.54 Å². The van der Waals surface area contributed by atoms with Gasteiger partial charge in [0.05, 0.1) is 0 Å². The Hall–Kier alpha value is -0.960. The van der Waals surface area contributed by atoms with Crippen LogP contribution in [0.2, 0.25) is 0 Å². The van der Waals surface area contributed by atoms with Crippen LogP contribution in [0.4, 0.5) is 8.78 Å². The Morgan fingerprint density at radius 3 is 2.53 bits per heavy atom. The Bertz CT molecular complexity index is 346. The van der Waals surface area contributed by atoms with Crippen molar-refractivity contribution >= 4 is 0 Å². The molecule has 0 amide bonds. The van der Waals surface area contributed by atoms with Crippen LogP contribution in [0.1, 0.15) is 45.1 Å². The lowest BCUT2D eigenvalue weighted by molar-refractivity contribution is 0.417. The number of benzene rings is 1. The highest BCUT2D eigenvalue weighted by molar-refractivity contribution is 5.23. The van der Waals surface area contributed by atoms with Gasteiger partial charge in [0.25, 0.3) is 0 Å². The van der Waals surface area contributed by atoms with Gasteiger partial charge in [-0.25, -0.2) is 8.78 Å². The maximum atomic E-state index is 13.7. The van der Waals surface area contributed by atoms with Gasteiger partial charge >= 0.3 is 0 Å². The Morgan fingerprint density at radius 2 is 1.94 bits per heavy atom. The fourth-order valence-electron chi connectivity index (χ4n) is 2.18. The zero-order valence-electron chi connectivity index (χ0n) is 10.8. The minimum Gasteiger partial charge on any atom is -0.314 e. The minimum atomic E-state index is -0.375. The van der Waals surface area contributed by atoms with Crippen LogP contribution in [0.25, 0.3) is 0 Å². The second kappa shape index (κ2) is 6.70. The first kappa shape index (κ1) is 14.1. The topological polar surface area (TPSA) is 12.0 Å². The molecule has 0 bridgehead atoms. The molecule has 0 saturated carbocycles. The predicted molar refractivity (Wildman–Crippen MR) is 67.1 cm³/mol. The zero-order valence-corrected chi connectivity index (χ0v) is 10.8. The summed E-state index contributed by atoms with van der Waals surface area (Å²) in [5.41, 5.74) is 0.462. The van der Waals surface area contributed by atoms with E-state index in [4.69, 9.17) is 0 Å². The van der Waals surface area contributed by atoms with E-state index in [2.05, 4.69) is 12.2 Å². The molecule has 0 spiro atoms. The molecule has 0 aromatic heterocycles. The maximum Gasteiger partial charge on any atom is 0.126 e. The molecule has 1 rings (SSSR count). The highest BCUT2D eigenvalue weighted by Gasteiger charge is 2.20. The molecule has 3 heteroatoms. The number of hydrogen-bond acceptors (Lipinski definition) is 1. The van der Waals surface area contributed by atoms with E-state index in [9.17, 15) is 8.78 Å². The Morgan fingerprint density at radius 1 is 1.24 bits per heavy atom. The van der Waals surface area contributed by atoms with Gasteiger partial charge in [0.2, 0.25) is 0 Å². The van der Waals surface area contributed by atoms with Gasteiger partial charge in [0.1, 0.15) is 11.6 Å². The SMILES string of the molecule is CCCC(NCC)C(C)c1cc(F)ccc1F. The highest BCUT2D eigenvalue weighted by Crippen LogP contribution is 2.25. The van der Waals surface area contributed by atoms with E-state index >= 15 is 0 Å². The van der Waals surface area contributed by atoms with Crippen molar-refractivity contribution in [2.24, 2.45) is 0 Å². The smallest absolute Gasteiger partial charge is 0.126 e. The molecule has 1 aromatic rings. The van der Waals surface area contributed by atoms with Crippen molar-refractivity contribution < 1.29 is 8.78 Å².